The number of aldehydes is 1. The van der Waals surface area contributed by atoms with E-state index in [-0.39, 0.29) is 151 Å². The predicted molar refractivity (Wildman–Crippen MR) is 579 cm³/mol. The van der Waals surface area contributed by atoms with Gasteiger partial charge in [-0.05, 0) is 238 Å². The molecule has 2 aliphatic heterocycles. The number of aliphatic carboxylic acids is 2. The number of carboxylic acids is 2. The molecule has 0 radical (unpaired) electrons. The van der Waals surface area contributed by atoms with Crippen molar-refractivity contribution in [2.75, 3.05) is 92.6 Å². The van der Waals surface area contributed by atoms with Gasteiger partial charge in [0.1, 0.15) is 46.8 Å². The first-order valence-corrected chi connectivity index (χ1v) is 51.6. The number of quaternary nitrogens is 1. The summed E-state index contributed by atoms with van der Waals surface area (Å²) in [5.41, 5.74) is 18.2. The molecule has 4 atom stereocenters. The quantitative estimate of drug-likeness (QED) is 0.00674. The second-order valence-electron chi connectivity index (χ2n) is 45.7. The molecule has 2 aliphatic rings. The van der Waals surface area contributed by atoms with Crippen LogP contribution in [0.25, 0.3) is 0 Å². The summed E-state index contributed by atoms with van der Waals surface area (Å²) < 4.78 is 29.0. The van der Waals surface area contributed by atoms with Crippen molar-refractivity contribution in [2.45, 2.75) is 416 Å². The van der Waals surface area contributed by atoms with Gasteiger partial charge in [-0.1, -0.05) is 235 Å². The first-order chi connectivity index (χ1) is 65.1. The van der Waals surface area contributed by atoms with Crippen LogP contribution in [0.15, 0.2) is 11.8 Å². The molecule has 852 valence electrons. The number of alkyl carbamates (subject to hydrolysis) is 1. The molecule has 0 bridgehead atoms. The molecule has 34 nitrogen and oxygen atoms in total. The van der Waals surface area contributed by atoms with Crippen LogP contribution in [0, 0.1) is 127 Å². The van der Waals surface area contributed by atoms with Gasteiger partial charge in [0.15, 0.2) is 6.54 Å². The Hall–Kier alpha value is -6.32. The molecular weight excluding hydrogens is 1880 g/mol. The Labute approximate surface area is 924 Å². The minimum Gasteiger partial charge on any atom is -0.857 e. The van der Waals surface area contributed by atoms with Gasteiger partial charge in [0, 0.05) is 44.6 Å². The van der Waals surface area contributed by atoms with E-state index in [9.17, 15) is 67.9 Å². The Bertz CT molecular complexity index is 3580. The number of aliphatic hydroxyl groups is 1. The van der Waals surface area contributed by atoms with Crippen molar-refractivity contribution >= 4 is 72.9 Å². The first-order valence-electron chi connectivity index (χ1n) is 51.6. The molecule has 2 saturated heterocycles. The third-order valence-electron chi connectivity index (χ3n) is 27.1. The van der Waals surface area contributed by atoms with Gasteiger partial charge in [-0.25, -0.2) is 24.0 Å². The van der Waals surface area contributed by atoms with Crippen LogP contribution in [0.5, 0.6) is 0 Å². The van der Waals surface area contributed by atoms with Crippen molar-refractivity contribution < 1.29 is 163 Å². The summed E-state index contributed by atoms with van der Waals surface area (Å²) in [5.74, 6) is 0.298. The van der Waals surface area contributed by atoms with Crippen LogP contribution in [0.4, 0.5) is 4.79 Å². The number of carbonyl (C=O) groups is 12. The van der Waals surface area contributed by atoms with E-state index in [1.165, 1.54) is 6.42 Å². The maximum absolute atomic E-state index is 12.5. The molecule has 0 aromatic carbocycles. The minimum atomic E-state index is -1.04. The fourth-order valence-electron chi connectivity index (χ4n) is 10.8. The summed E-state index contributed by atoms with van der Waals surface area (Å²) in [5, 5.41) is 63.5. The number of carbonyl (C=O) groups excluding carboxylic acids is 10. The summed E-state index contributed by atoms with van der Waals surface area (Å²) in [6, 6.07) is 1.75. The van der Waals surface area contributed by atoms with Gasteiger partial charge in [-0.3, -0.25) is 28.8 Å². The molecule has 0 aromatic heterocycles. The van der Waals surface area contributed by atoms with Gasteiger partial charge in [-0.2, -0.15) is 17.6 Å². The number of ether oxygens (including phenoxy) is 6. The van der Waals surface area contributed by atoms with Crippen molar-refractivity contribution in [3.63, 3.8) is 0 Å². The molecule has 35 heteroatoms. The maximum atomic E-state index is 12.5. The standard InChI is InChI=1S/C18H34N4O.C14H27NO4.C12H23NO3.C12H21NO3.C9H17N3.C9H19NO2.C9H18O2.C7H14O2.C7H16O.C7H14O.C4H9NO2.CH3O.CH3.K/c1-6-9-22-10-7-18(13-19,8-11-22)21-16(23)15(20)12-17(4,5)14(2)3;1-9(2)14(6,7)8-10(11(16)17)15-12(18)19-13(3,4)5;2*1-6-16-11(15)10(13-8-14)7-12(4,5)9(2)3;1-2-5-12-6-3-9(11,8-10)4-7-12;1-6(2)9(3,4)5-7(10)8(11)12;1-6-11-8(10)9(4,5)7(2)3;1-4-9-7(8)5-6(2)3;2*1-6(2)7(3,4)5-8;1-2-7-4(6)3-5;1-2;;/h14-15H,6-12,20H2,1-5H3,(H,21,23);9-10H,8H2,1-7H3,(H,15,18)(H,16,17);8-10H,6-7H2,1-5H3,(H,13,14);7-9H,6H2,1-5H3,(H,13,14);2-7,11H2,1H3;6-7H,5,10H2,1-4H3,(H,11,12);7H,6H2,1-5H3;6H,4-5H2,1-3H3;6,8H,5H2,1-4H3;5-6H,1-4H3;2-3,5H2,1H3;1H3;1H3;/q;;;;;;;;;;;2*-1;+1/p+1. The number of esters is 5. The minimum absolute atomic E-state index is 0. The second-order valence-corrected chi connectivity index (χ2v) is 45.7. The van der Waals surface area contributed by atoms with Gasteiger partial charge in [0.05, 0.1) is 56.6 Å². The first kappa shape index (κ1) is 164. The van der Waals surface area contributed by atoms with Crippen LogP contribution >= 0.6 is 0 Å². The number of nitrogens with zero attached hydrogens (tertiary/aromatic N) is 4. The molecule has 0 saturated carbocycles. The number of carboxylic acid groups (broad SMARTS) is 2. The Morgan fingerprint density at radius 1 is 0.483 bits per heavy atom. The van der Waals surface area contributed by atoms with Crippen LogP contribution < -0.4 is 101 Å². The number of aliphatic hydroxyl groups excluding tert-OH is 1. The van der Waals surface area contributed by atoms with Crippen molar-refractivity contribution in [1.29, 1.82) is 10.5 Å². The molecule has 16 N–H and O–H groups in total. The fourth-order valence-corrected chi connectivity index (χ4v) is 10.8. The Kier molecular flexibility index (Phi) is 95.2. The van der Waals surface area contributed by atoms with Crippen molar-refractivity contribution in [3.8, 4) is 12.1 Å². The predicted octanol–water partition coefficient (Wildman–Crippen LogP) is 13.7. The number of hydrogen-bond donors (Lipinski definition) is 11. The monoisotopic (exact) mass is 2100 g/mol. The van der Waals surface area contributed by atoms with E-state index < -0.39 is 64.8 Å². The Morgan fingerprint density at radius 3 is 1.12 bits per heavy atom. The number of amides is 4. The van der Waals surface area contributed by atoms with E-state index in [1.54, 1.807) is 47.6 Å². The molecule has 0 aliphatic carbocycles. The number of hydrogen-bond acceptors (Lipinski definition) is 27. The smallest absolute Gasteiger partial charge is 0.857 e. The fraction of sp³-hybridized carbons (Fsp3) is 0.845. The second kappa shape index (κ2) is 84.3. The van der Waals surface area contributed by atoms with Crippen LogP contribution in [0.2, 0.25) is 0 Å². The number of allylic oxidation sites excluding steroid dienone is 1. The van der Waals surface area contributed by atoms with Crippen LogP contribution in [-0.2, 0) is 81.2 Å². The number of nitrogens with one attached hydrogen (secondary N) is 4. The largest absolute Gasteiger partial charge is 1.00 e. The van der Waals surface area contributed by atoms with Gasteiger partial charge in [0.2, 0.25) is 18.7 Å². The topological polar surface area (TPSA) is 552 Å². The van der Waals surface area contributed by atoms with Gasteiger partial charge in [-0.15, -0.1) is 0 Å². The van der Waals surface area contributed by atoms with E-state index in [1.807, 2.05) is 125 Å². The number of rotatable bonds is 43. The SMILES string of the molecule is CC(C)C(C)(C)C=O.CC(C)C(C)(C)CC(N)C(=O)O.CC(C)C(C)(C)CC(NC(=O)OC(C)(C)C)C(=O)O.CC(C)C(C)(C)CO.CCCN1CCC(C#N)(NC(=O)C(N)CC(C)(C)C(C)C)CC1.CCCN1CCC(N)(C#N)CC1.CCOC(=O)C(=CC(C)(C)C(C)C)NC=O.CCOC(=O)C(C)(C)C(C)C.CCOC(=O)C(CC(C)(C)C(C)C)NC=O.CCOC(=O)CC(C)C.CCOC(=O)C[NH3+].C[O-].[CH3-].[K+]. The molecule has 4 unspecified atom stereocenters. The molecule has 0 aromatic rings. The number of nitrogens with two attached hydrogens (primary N) is 3. The zero-order valence-electron chi connectivity index (χ0n) is 101. The van der Waals surface area contributed by atoms with E-state index in [4.69, 9.17) is 61.5 Å². The van der Waals surface area contributed by atoms with Gasteiger partial charge < -0.3 is 115 Å². The van der Waals surface area contributed by atoms with Gasteiger partial charge >= 0.3 is 99.3 Å². The molecule has 2 heterocycles. The number of likely N-dealkylation sites (tertiary alicyclic amines) is 2. The summed E-state index contributed by atoms with van der Waals surface area (Å²) in [6.45, 7) is 96.4. The zero-order chi connectivity index (χ0) is 115. The summed E-state index contributed by atoms with van der Waals surface area (Å²) >= 11 is 0. The van der Waals surface area contributed by atoms with E-state index in [2.05, 4.69) is 192 Å². The summed E-state index contributed by atoms with van der Waals surface area (Å²) in [6.07, 6.45) is 11.0. The Balaban J connectivity index is -0.000000136. The average molecular weight is 2100 g/mol. The molecule has 2 rings (SSSR count). The van der Waals surface area contributed by atoms with Crippen LogP contribution in [0.1, 0.15) is 375 Å². The van der Waals surface area contributed by atoms with E-state index in [0.29, 0.717) is 144 Å². The van der Waals surface area contributed by atoms with E-state index in [0.717, 1.165) is 71.9 Å². The number of nitriles is 2. The van der Waals surface area contributed by atoms with Crippen molar-refractivity contribution in [3.05, 3.63) is 19.2 Å². The van der Waals surface area contributed by atoms with Crippen LogP contribution in [0.3, 0.4) is 0 Å². The van der Waals surface area contributed by atoms with Gasteiger partial charge in [0.25, 0.3) is 0 Å². The van der Waals surface area contributed by atoms with Crippen LogP contribution in [-0.4, -0.2) is 231 Å². The molecule has 4 amide bonds. The summed E-state index contributed by atoms with van der Waals surface area (Å²) in [7, 11) is 0.750. The van der Waals surface area contributed by atoms with Crippen molar-refractivity contribution in [2.24, 2.45) is 114 Å². The van der Waals surface area contributed by atoms with Crippen molar-refractivity contribution in [1.82, 2.24) is 31.1 Å². The normalized spacial score (nSPS) is 14.4. The molecule has 2 fully saturated rings. The summed E-state index contributed by atoms with van der Waals surface area (Å²) in [4.78, 5) is 137. The third-order valence-corrected chi connectivity index (χ3v) is 27.1. The average Bonchev–Trinajstić information content (AvgIpc) is 0.817. The third kappa shape index (κ3) is 82.1. The zero-order valence-corrected chi connectivity index (χ0v) is 104. The molecule has 145 heavy (non-hydrogen) atoms. The molecular formula is C110H219KN12O22. The molecule has 0 spiro atoms. The van der Waals surface area contributed by atoms with E-state index >= 15 is 0 Å². The number of piperidine rings is 2. The Morgan fingerprint density at radius 2 is 0.848 bits per heavy atom. The maximum Gasteiger partial charge on any atom is 1.00 e.